The standard InChI is InChI=1S/C26H31N3O4Si/c1-32-20-16-28-25(33-2)22-21(20)19(15-27-22)23(30)26(31)29-13-11-18(12-14-29)24(34(3,4)5)17-9-7-6-8-10-17/h6-10,15-16,27H,11-14H2,1-5H3. The summed E-state index contributed by atoms with van der Waals surface area (Å²) in [6, 6.07) is 10.5. The second kappa shape index (κ2) is 9.46. The highest BCUT2D eigenvalue weighted by atomic mass is 28.3. The summed E-state index contributed by atoms with van der Waals surface area (Å²) < 4.78 is 10.7. The molecule has 2 aromatic heterocycles. The highest BCUT2D eigenvalue weighted by molar-refractivity contribution is 6.93. The number of hydrogen-bond acceptors (Lipinski definition) is 5. The minimum absolute atomic E-state index is 0.269. The van der Waals surface area contributed by atoms with E-state index in [4.69, 9.17) is 9.47 Å². The molecule has 178 valence electrons. The van der Waals surface area contributed by atoms with Crippen LogP contribution in [0.4, 0.5) is 0 Å². The second-order valence-electron chi connectivity index (χ2n) is 9.50. The van der Waals surface area contributed by atoms with Crippen molar-refractivity contribution in [3.63, 3.8) is 0 Å². The fraction of sp³-hybridized carbons (Fsp3) is 0.346. The summed E-state index contributed by atoms with van der Waals surface area (Å²) in [4.78, 5) is 35.3. The number of likely N-dealkylation sites (tertiary alicyclic amines) is 1. The third kappa shape index (κ3) is 4.37. The van der Waals surface area contributed by atoms with Gasteiger partial charge in [-0.3, -0.25) is 9.59 Å². The molecule has 0 bridgehead atoms. The Morgan fingerprint density at radius 2 is 1.71 bits per heavy atom. The molecule has 0 unspecified atom stereocenters. The Bertz CT molecular complexity index is 1250. The van der Waals surface area contributed by atoms with Gasteiger partial charge in [0.2, 0.25) is 5.88 Å². The Labute approximate surface area is 200 Å². The van der Waals surface area contributed by atoms with Crippen molar-refractivity contribution in [2.45, 2.75) is 32.5 Å². The van der Waals surface area contributed by atoms with Crippen LogP contribution in [-0.4, -0.2) is 61.9 Å². The number of aromatic nitrogens is 2. The first-order valence-corrected chi connectivity index (χ1v) is 15.0. The van der Waals surface area contributed by atoms with E-state index >= 15 is 0 Å². The number of ether oxygens (including phenoxy) is 2. The van der Waals surface area contributed by atoms with Gasteiger partial charge in [-0.05, 0) is 18.4 Å². The first kappa shape index (κ1) is 23.8. The number of ketones is 1. The summed E-state index contributed by atoms with van der Waals surface area (Å²) in [6.45, 7) is 8.14. The number of fused-ring (bicyclic) bond motifs is 1. The minimum atomic E-state index is -1.61. The highest BCUT2D eigenvalue weighted by Gasteiger charge is 2.32. The first-order chi connectivity index (χ1) is 16.3. The molecule has 0 spiro atoms. The molecule has 1 N–H and O–H groups in total. The molecule has 0 saturated carbocycles. The van der Waals surface area contributed by atoms with Crippen LogP contribution >= 0.6 is 0 Å². The molecule has 1 aliphatic heterocycles. The largest absolute Gasteiger partial charge is 0.494 e. The molecule has 0 aliphatic carbocycles. The van der Waals surface area contributed by atoms with Gasteiger partial charge < -0.3 is 19.4 Å². The molecule has 1 aromatic carbocycles. The van der Waals surface area contributed by atoms with Crippen LogP contribution in [0.25, 0.3) is 16.1 Å². The fourth-order valence-electron chi connectivity index (χ4n) is 4.84. The van der Waals surface area contributed by atoms with Gasteiger partial charge in [0.25, 0.3) is 11.7 Å². The smallest absolute Gasteiger partial charge is 0.295 e. The van der Waals surface area contributed by atoms with E-state index in [1.807, 2.05) is 6.07 Å². The van der Waals surface area contributed by atoms with Crippen LogP contribution in [0.1, 0.15) is 28.8 Å². The number of rotatable bonds is 6. The van der Waals surface area contributed by atoms with Crippen molar-refractivity contribution in [1.29, 1.82) is 0 Å². The maximum absolute atomic E-state index is 13.2. The number of Topliss-reactive ketones (excluding diaryl/α,β-unsaturated/α-hetero) is 1. The van der Waals surface area contributed by atoms with Gasteiger partial charge in [-0.25, -0.2) is 4.98 Å². The fourth-order valence-corrected chi connectivity index (χ4v) is 7.19. The number of methoxy groups -OCH3 is 2. The van der Waals surface area contributed by atoms with E-state index in [2.05, 4.69) is 53.9 Å². The predicted octanol–water partition coefficient (Wildman–Crippen LogP) is 4.72. The highest BCUT2D eigenvalue weighted by Crippen LogP contribution is 2.35. The topological polar surface area (TPSA) is 84.5 Å². The molecular weight excluding hydrogens is 446 g/mol. The van der Waals surface area contributed by atoms with Gasteiger partial charge in [0.15, 0.2) is 0 Å². The van der Waals surface area contributed by atoms with Crippen LogP contribution in [0.3, 0.4) is 0 Å². The Kier molecular flexibility index (Phi) is 6.61. The summed E-state index contributed by atoms with van der Waals surface area (Å²) >= 11 is 0. The summed E-state index contributed by atoms with van der Waals surface area (Å²) in [5.74, 6) is -0.291. The quantitative estimate of drug-likeness (QED) is 0.316. The average molecular weight is 478 g/mol. The van der Waals surface area contributed by atoms with E-state index in [1.165, 1.54) is 42.9 Å². The zero-order valence-electron chi connectivity index (χ0n) is 20.4. The summed E-state index contributed by atoms with van der Waals surface area (Å²) in [5, 5.41) is 1.97. The molecule has 0 radical (unpaired) electrons. The van der Waals surface area contributed by atoms with Crippen molar-refractivity contribution in [3.8, 4) is 11.6 Å². The van der Waals surface area contributed by atoms with E-state index in [9.17, 15) is 9.59 Å². The lowest BCUT2D eigenvalue weighted by Crippen LogP contribution is -2.41. The maximum Gasteiger partial charge on any atom is 0.295 e. The first-order valence-electron chi connectivity index (χ1n) is 11.5. The van der Waals surface area contributed by atoms with Crippen molar-refractivity contribution in [3.05, 3.63) is 59.4 Å². The van der Waals surface area contributed by atoms with Crippen LogP contribution in [0, 0.1) is 0 Å². The van der Waals surface area contributed by atoms with E-state index in [0.717, 1.165) is 12.8 Å². The molecule has 8 heteroatoms. The van der Waals surface area contributed by atoms with Crippen LogP contribution in [-0.2, 0) is 4.79 Å². The lowest BCUT2D eigenvalue weighted by molar-refractivity contribution is -0.126. The molecule has 1 fully saturated rings. The molecule has 34 heavy (non-hydrogen) atoms. The number of nitrogens with one attached hydrogen (secondary N) is 1. The van der Waals surface area contributed by atoms with Crippen molar-refractivity contribution < 1.29 is 19.1 Å². The Morgan fingerprint density at radius 1 is 1.03 bits per heavy atom. The molecule has 0 atom stereocenters. The van der Waals surface area contributed by atoms with Crippen molar-refractivity contribution in [2.24, 2.45) is 0 Å². The monoisotopic (exact) mass is 477 g/mol. The molecule has 1 aliphatic rings. The lowest BCUT2D eigenvalue weighted by Gasteiger charge is -2.33. The summed E-state index contributed by atoms with van der Waals surface area (Å²) in [6.07, 6.45) is 4.59. The number of H-pyrrole nitrogens is 1. The van der Waals surface area contributed by atoms with Crippen molar-refractivity contribution >= 4 is 35.9 Å². The number of amides is 1. The van der Waals surface area contributed by atoms with E-state index in [0.29, 0.717) is 35.6 Å². The third-order valence-corrected chi connectivity index (χ3v) is 8.45. The van der Waals surface area contributed by atoms with Gasteiger partial charge in [-0.2, -0.15) is 0 Å². The Hall–Kier alpha value is -3.39. The Balaban J connectivity index is 1.59. The summed E-state index contributed by atoms with van der Waals surface area (Å²) in [7, 11) is 1.41. The third-order valence-electron chi connectivity index (χ3n) is 6.31. The number of carbonyl (C=O) groups excluding carboxylic acids is 2. The number of nitrogens with zero attached hydrogens (tertiary/aromatic N) is 2. The zero-order valence-corrected chi connectivity index (χ0v) is 21.4. The second-order valence-corrected chi connectivity index (χ2v) is 14.5. The number of pyridine rings is 1. The number of benzene rings is 1. The van der Waals surface area contributed by atoms with Gasteiger partial charge in [0.1, 0.15) is 11.3 Å². The number of hydrogen-bond donors (Lipinski definition) is 1. The number of piperidine rings is 1. The molecule has 7 nitrogen and oxygen atoms in total. The normalized spacial score (nSPS) is 14.3. The molecule has 3 heterocycles. The zero-order chi connectivity index (χ0) is 24.5. The van der Waals surface area contributed by atoms with Gasteiger partial charge in [-0.15, -0.1) is 0 Å². The van der Waals surface area contributed by atoms with Crippen LogP contribution in [0.2, 0.25) is 19.6 Å². The van der Waals surface area contributed by atoms with Gasteiger partial charge in [0, 0.05) is 19.3 Å². The number of aromatic amines is 1. The number of carbonyl (C=O) groups is 2. The van der Waals surface area contributed by atoms with Crippen molar-refractivity contribution in [2.75, 3.05) is 27.3 Å². The lowest BCUT2D eigenvalue weighted by atomic mass is 9.99. The van der Waals surface area contributed by atoms with Gasteiger partial charge in [-0.1, -0.05) is 60.7 Å². The van der Waals surface area contributed by atoms with Crippen molar-refractivity contribution in [1.82, 2.24) is 14.9 Å². The molecular formula is C26H31N3O4Si. The molecule has 4 rings (SSSR count). The van der Waals surface area contributed by atoms with Crippen LogP contribution in [0.5, 0.6) is 11.6 Å². The maximum atomic E-state index is 13.2. The summed E-state index contributed by atoms with van der Waals surface area (Å²) in [5.41, 5.74) is 3.49. The predicted molar refractivity (Wildman–Crippen MR) is 136 cm³/mol. The van der Waals surface area contributed by atoms with Gasteiger partial charge in [0.05, 0.1) is 39.4 Å². The van der Waals surface area contributed by atoms with Gasteiger partial charge >= 0.3 is 0 Å². The average Bonchev–Trinajstić information content (AvgIpc) is 3.28. The van der Waals surface area contributed by atoms with Crippen LogP contribution < -0.4 is 9.47 Å². The van der Waals surface area contributed by atoms with Crippen LogP contribution in [0.15, 0.2) is 48.3 Å². The Morgan fingerprint density at radius 3 is 2.29 bits per heavy atom. The van der Waals surface area contributed by atoms with E-state index in [1.54, 1.807) is 4.90 Å². The molecule has 1 amide bonds. The van der Waals surface area contributed by atoms with E-state index in [-0.39, 0.29) is 5.56 Å². The minimum Gasteiger partial charge on any atom is -0.494 e. The molecule has 3 aromatic rings. The SMILES string of the molecule is COc1ncc(OC)c2c(C(=O)C(=O)N3CCC(=C(c4ccccc4)[Si](C)(C)C)CC3)c[nH]c12. The molecule has 1 saturated heterocycles. The van der Waals surface area contributed by atoms with E-state index < -0.39 is 19.8 Å².